The van der Waals surface area contributed by atoms with E-state index < -0.39 is 0 Å². The van der Waals surface area contributed by atoms with Crippen molar-refractivity contribution < 1.29 is 4.79 Å². The van der Waals surface area contributed by atoms with Crippen LogP contribution in [0.3, 0.4) is 0 Å². The van der Waals surface area contributed by atoms with Gasteiger partial charge in [-0.2, -0.15) is 10.2 Å². The molecule has 33 heavy (non-hydrogen) atoms. The number of amides is 2. The third kappa shape index (κ3) is 5.69. The molecule has 0 bridgehead atoms. The zero-order valence-corrected chi connectivity index (χ0v) is 19.0. The Morgan fingerprint density at radius 1 is 1.06 bits per heavy atom. The molecule has 3 aromatic rings. The highest BCUT2D eigenvalue weighted by molar-refractivity contribution is 5.90. The van der Waals surface area contributed by atoms with Gasteiger partial charge in [-0.15, -0.1) is 0 Å². The van der Waals surface area contributed by atoms with E-state index >= 15 is 0 Å². The summed E-state index contributed by atoms with van der Waals surface area (Å²) >= 11 is 0. The van der Waals surface area contributed by atoms with E-state index in [4.69, 9.17) is 15.2 Å². The van der Waals surface area contributed by atoms with Crippen LogP contribution in [0.2, 0.25) is 0 Å². The number of hydrogen-bond donors (Lipinski definition) is 3. The molecule has 0 saturated heterocycles. The minimum atomic E-state index is -0.222. The lowest BCUT2D eigenvalue weighted by molar-refractivity contribution is 0.246. The predicted octanol–water partition coefficient (Wildman–Crippen LogP) is 4.36. The maximum Gasteiger partial charge on any atom is 0.319 e. The smallest absolute Gasteiger partial charge is 0.319 e. The van der Waals surface area contributed by atoms with Crippen molar-refractivity contribution in [2.75, 3.05) is 36.2 Å². The van der Waals surface area contributed by atoms with E-state index in [0.717, 1.165) is 42.4 Å². The molecular formula is C25H29N7O. The topological polar surface area (TPSA) is 106 Å². The summed E-state index contributed by atoms with van der Waals surface area (Å²) in [6.07, 6.45) is 4.08. The van der Waals surface area contributed by atoms with Crippen LogP contribution in [0, 0.1) is 17.2 Å². The number of rotatable bonds is 6. The summed E-state index contributed by atoms with van der Waals surface area (Å²) in [6.45, 7) is 0.645. The van der Waals surface area contributed by atoms with Gasteiger partial charge in [0.15, 0.2) is 0 Å². The van der Waals surface area contributed by atoms with Gasteiger partial charge in [0.25, 0.3) is 0 Å². The number of carbonyl (C=O) groups excluding carboxylic acids is 1. The predicted molar refractivity (Wildman–Crippen MR) is 131 cm³/mol. The van der Waals surface area contributed by atoms with E-state index in [1.165, 1.54) is 0 Å². The zero-order valence-electron chi connectivity index (χ0n) is 19.0. The molecule has 1 aliphatic carbocycles. The van der Waals surface area contributed by atoms with Gasteiger partial charge < -0.3 is 20.9 Å². The Kier molecular flexibility index (Phi) is 6.89. The first kappa shape index (κ1) is 22.3. The Labute approximate surface area is 194 Å². The molecule has 2 amide bonds. The third-order valence-electron chi connectivity index (χ3n) is 6.01. The highest BCUT2D eigenvalue weighted by atomic mass is 16.2. The zero-order chi connectivity index (χ0) is 23.2. The van der Waals surface area contributed by atoms with Crippen LogP contribution in [-0.2, 0) is 0 Å². The fraction of sp³-hybridized carbons (Fsp3) is 0.360. The summed E-state index contributed by atoms with van der Waals surface area (Å²) in [4.78, 5) is 23.7. The van der Waals surface area contributed by atoms with Crippen molar-refractivity contribution in [1.29, 1.82) is 5.26 Å². The van der Waals surface area contributed by atoms with Crippen LogP contribution in [0.15, 0.2) is 48.5 Å². The van der Waals surface area contributed by atoms with E-state index in [9.17, 15) is 4.79 Å². The number of benzene rings is 2. The van der Waals surface area contributed by atoms with Gasteiger partial charge in [-0.25, -0.2) is 9.78 Å². The lowest BCUT2D eigenvalue weighted by Gasteiger charge is -2.29. The Balaban J connectivity index is 1.26. The summed E-state index contributed by atoms with van der Waals surface area (Å²) in [6, 6.07) is 17.1. The molecule has 170 valence electrons. The number of fused-ring (bicyclic) bond motifs is 1. The minimum Gasteiger partial charge on any atom is -0.362 e. The van der Waals surface area contributed by atoms with Gasteiger partial charge >= 0.3 is 6.03 Å². The van der Waals surface area contributed by atoms with Gasteiger partial charge in [-0.05, 0) is 68.0 Å². The molecule has 8 heteroatoms. The van der Waals surface area contributed by atoms with Crippen molar-refractivity contribution in [2.45, 2.75) is 31.7 Å². The molecule has 0 atom stereocenters. The fourth-order valence-electron chi connectivity index (χ4n) is 4.20. The van der Waals surface area contributed by atoms with E-state index in [1.807, 2.05) is 43.3 Å². The molecule has 1 fully saturated rings. The van der Waals surface area contributed by atoms with Crippen molar-refractivity contribution in [3.63, 3.8) is 0 Å². The van der Waals surface area contributed by atoms with Crippen molar-refractivity contribution in [1.82, 2.24) is 15.3 Å². The van der Waals surface area contributed by atoms with Crippen LogP contribution < -0.4 is 20.9 Å². The standard InChI is InChI=1S/C25H29N7O/c1-32(2)23-21-5-3-4-6-22(21)30-24(31-23)28-19-13-9-18(10-14-19)16-27-25(33)29-20-11-7-17(15-26)8-12-20/h3-8,11-12,18-19H,9-10,13-14,16H2,1-2H3,(H2,27,29,33)(H,28,30,31)/t18-,19+. The minimum absolute atomic E-state index is 0.222. The molecule has 8 nitrogen and oxygen atoms in total. The number of nitrogens with one attached hydrogen (secondary N) is 3. The Morgan fingerprint density at radius 3 is 2.48 bits per heavy atom. The second-order valence-electron chi connectivity index (χ2n) is 8.67. The number of anilines is 3. The van der Waals surface area contributed by atoms with E-state index in [-0.39, 0.29) is 6.03 Å². The monoisotopic (exact) mass is 443 g/mol. The number of carbonyl (C=O) groups is 1. The third-order valence-corrected chi connectivity index (χ3v) is 6.01. The number of urea groups is 1. The maximum absolute atomic E-state index is 12.2. The first-order valence-electron chi connectivity index (χ1n) is 11.3. The lowest BCUT2D eigenvalue weighted by Crippen LogP contribution is -2.36. The highest BCUT2D eigenvalue weighted by Crippen LogP contribution is 2.28. The average Bonchev–Trinajstić information content (AvgIpc) is 2.83. The van der Waals surface area contributed by atoms with Crippen molar-refractivity contribution in [2.24, 2.45) is 5.92 Å². The molecule has 4 rings (SSSR count). The largest absolute Gasteiger partial charge is 0.362 e. The SMILES string of the molecule is CN(C)c1nc(N[C@H]2CC[C@@H](CNC(=O)Nc3ccc(C#N)cc3)CC2)nc2ccccc12. The summed E-state index contributed by atoms with van der Waals surface area (Å²) in [7, 11) is 3.99. The molecule has 1 aromatic heterocycles. The Hall–Kier alpha value is -3.86. The first-order chi connectivity index (χ1) is 16.0. The number of nitriles is 1. The number of nitrogens with zero attached hydrogens (tertiary/aromatic N) is 4. The van der Waals surface area contributed by atoms with Crippen molar-refractivity contribution in [3.05, 3.63) is 54.1 Å². The van der Waals surface area contributed by atoms with Crippen molar-refractivity contribution in [3.8, 4) is 6.07 Å². The molecule has 2 aromatic carbocycles. The lowest BCUT2D eigenvalue weighted by atomic mass is 9.86. The second-order valence-corrected chi connectivity index (χ2v) is 8.67. The first-order valence-corrected chi connectivity index (χ1v) is 11.3. The Bertz CT molecular complexity index is 1150. The quantitative estimate of drug-likeness (QED) is 0.523. The van der Waals surface area contributed by atoms with Crippen LogP contribution in [0.1, 0.15) is 31.2 Å². The van der Waals surface area contributed by atoms with Crippen LogP contribution in [0.4, 0.5) is 22.2 Å². The van der Waals surface area contributed by atoms with Crippen molar-refractivity contribution >= 4 is 34.4 Å². The number of aromatic nitrogens is 2. The maximum atomic E-state index is 12.2. The summed E-state index contributed by atoms with van der Waals surface area (Å²) in [5.74, 6) is 2.03. The van der Waals surface area contributed by atoms with Gasteiger partial charge in [0.05, 0.1) is 17.1 Å². The fourth-order valence-corrected chi connectivity index (χ4v) is 4.20. The summed E-state index contributed by atoms with van der Waals surface area (Å²) < 4.78 is 0. The molecular weight excluding hydrogens is 414 g/mol. The number of hydrogen-bond acceptors (Lipinski definition) is 6. The molecule has 0 aliphatic heterocycles. The van der Waals surface area contributed by atoms with Crippen LogP contribution in [-0.4, -0.2) is 42.7 Å². The number of para-hydroxylation sites is 1. The molecule has 0 unspecified atom stereocenters. The molecule has 0 radical (unpaired) electrons. The van der Waals surface area contributed by atoms with Crippen LogP contribution in [0.5, 0.6) is 0 Å². The molecule has 1 saturated carbocycles. The van der Waals surface area contributed by atoms with E-state index in [1.54, 1.807) is 24.3 Å². The van der Waals surface area contributed by atoms with E-state index in [0.29, 0.717) is 35.7 Å². The normalized spacial score (nSPS) is 17.7. The molecule has 1 heterocycles. The highest BCUT2D eigenvalue weighted by Gasteiger charge is 2.22. The van der Waals surface area contributed by atoms with Gasteiger partial charge in [0.1, 0.15) is 5.82 Å². The average molecular weight is 444 g/mol. The Morgan fingerprint density at radius 2 is 1.79 bits per heavy atom. The summed E-state index contributed by atoms with van der Waals surface area (Å²) in [5, 5.41) is 19.2. The molecule has 1 aliphatic rings. The van der Waals surface area contributed by atoms with Crippen LogP contribution in [0.25, 0.3) is 10.9 Å². The molecule has 0 spiro atoms. The van der Waals surface area contributed by atoms with Gasteiger partial charge in [0, 0.05) is 37.8 Å². The van der Waals surface area contributed by atoms with Gasteiger partial charge in [-0.3, -0.25) is 0 Å². The van der Waals surface area contributed by atoms with Gasteiger partial charge in [-0.1, -0.05) is 12.1 Å². The van der Waals surface area contributed by atoms with E-state index in [2.05, 4.69) is 22.0 Å². The van der Waals surface area contributed by atoms with Crippen LogP contribution >= 0.6 is 0 Å². The second kappa shape index (κ2) is 10.2. The molecule has 3 N–H and O–H groups in total. The summed E-state index contributed by atoms with van der Waals surface area (Å²) in [5.41, 5.74) is 2.18. The van der Waals surface area contributed by atoms with Gasteiger partial charge in [0.2, 0.25) is 5.95 Å².